The van der Waals surface area contributed by atoms with Crippen LogP contribution in [0.15, 0.2) is 30.3 Å². The number of pyridine rings is 1. The number of amides is 1. The monoisotopic (exact) mass is 382 g/mol. The third-order valence-electron chi connectivity index (χ3n) is 5.78. The third kappa shape index (κ3) is 3.68. The van der Waals surface area contributed by atoms with Gasteiger partial charge < -0.3 is 14.9 Å². The Morgan fingerprint density at radius 2 is 1.86 bits per heavy atom. The van der Waals surface area contributed by atoms with Gasteiger partial charge in [0.15, 0.2) is 11.6 Å². The second-order valence-electron chi connectivity index (χ2n) is 7.65. The Morgan fingerprint density at radius 3 is 2.54 bits per heavy atom. The van der Waals surface area contributed by atoms with Crippen LogP contribution in [-0.2, 0) is 0 Å². The third-order valence-corrected chi connectivity index (χ3v) is 5.78. The maximum atomic E-state index is 13.7. The first-order chi connectivity index (χ1) is 13.5. The smallest absolute Gasteiger partial charge is 0.253 e. The van der Waals surface area contributed by atoms with E-state index in [4.69, 9.17) is 4.98 Å². The summed E-state index contributed by atoms with van der Waals surface area (Å²) in [5, 5.41) is 9.51. The van der Waals surface area contributed by atoms with Gasteiger partial charge in [0.25, 0.3) is 5.91 Å². The number of aromatic hydroxyl groups is 1. The summed E-state index contributed by atoms with van der Waals surface area (Å²) >= 11 is 0. The standard InChI is InChI=1S/C22H25FN3O2/c1-15-13-17(14-18(23)21(15)27)22(28)26-11-7-16(8-12-26)19-5-4-6-20(24-19)25-9-2-3-10-25/h4-6,13-14,16,27H,1-3,7-12H2. The van der Waals surface area contributed by atoms with E-state index >= 15 is 0 Å². The molecule has 2 saturated heterocycles. The number of piperidine rings is 1. The van der Waals surface area contributed by atoms with E-state index in [9.17, 15) is 14.3 Å². The fraction of sp³-hybridized carbons (Fsp3) is 0.409. The summed E-state index contributed by atoms with van der Waals surface area (Å²) in [5.74, 6) is -0.156. The van der Waals surface area contributed by atoms with Crippen molar-refractivity contribution in [2.24, 2.45) is 0 Å². The average Bonchev–Trinajstić information content (AvgIpc) is 3.26. The van der Waals surface area contributed by atoms with Crippen molar-refractivity contribution < 1.29 is 14.3 Å². The number of hydrogen-bond donors (Lipinski definition) is 1. The number of carbonyl (C=O) groups excluding carboxylic acids is 1. The average molecular weight is 382 g/mol. The largest absolute Gasteiger partial charge is 0.505 e. The van der Waals surface area contributed by atoms with E-state index in [0.717, 1.165) is 43.5 Å². The van der Waals surface area contributed by atoms with Gasteiger partial charge in [-0.05, 0) is 62.4 Å². The molecule has 2 aromatic rings. The van der Waals surface area contributed by atoms with Gasteiger partial charge in [-0.3, -0.25) is 4.79 Å². The van der Waals surface area contributed by atoms with Crippen LogP contribution in [0.4, 0.5) is 10.2 Å². The summed E-state index contributed by atoms with van der Waals surface area (Å²) in [4.78, 5) is 21.7. The molecule has 147 valence electrons. The van der Waals surface area contributed by atoms with Crippen LogP contribution in [0.3, 0.4) is 0 Å². The molecule has 1 amide bonds. The lowest BCUT2D eigenvalue weighted by molar-refractivity contribution is 0.0711. The lowest BCUT2D eigenvalue weighted by Gasteiger charge is -2.32. The summed E-state index contributed by atoms with van der Waals surface area (Å²) < 4.78 is 13.7. The molecule has 5 nitrogen and oxygen atoms in total. The summed E-state index contributed by atoms with van der Waals surface area (Å²) in [5.41, 5.74) is 1.45. The SMILES string of the molecule is [CH2]c1cc(C(=O)N2CCC(c3cccc(N4CCCC4)n3)CC2)cc(F)c1O. The van der Waals surface area contributed by atoms with Gasteiger partial charge in [0.2, 0.25) is 0 Å². The zero-order valence-electron chi connectivity index (χ0n) is 15.9. The number of phenols is 1. The topological polar surface area (TPSA) is 56.7 Å². The lowest BCUT2D eigenvalue weighted by atomic mass is 9.92. The fourth-order valence-corrected chi connectivity index (χ4v) is 4.13. The van der Waals surface area contributed by atoms with Crippen LogP contribution in [0.1, 0.15) is 53.2 Å². The van der Waals surface area contributed by atoms with Crippen molar-refractivity contribution in [2.75, 3.05) is 31.1 Å². The predicted octanol–water partition coefficient (Wildman–Crippen LogP) is 3.73. The molecule has 2 aliphatic rings. The second kappa shape index (κ2) is 7.78. The number of anilines is 1. The van der Waals surface area contributed by atoms with E-state index < -0.39 is 11.6 Å². The van der Waals surface area contributed by atoms with Crippen LogP contribution >= 0.6 is 0 Å². The molecule has 1 aromatic carbocycles. The summed E-state index contributed by atoms with van der Waals surface area (Å²) in [6, 6.07) is 8.74. The van der Waals surface area contributed by atoms with Crippen molar-refractivity contribution in [3.8, 4) is 5.75 Å². The molecule has 1 aromatic heterocycles. The van der Waals surface area contributed by atoms with E-state index in [1.165, 1.54) is 18.9 Å². The predicted molar refractivity (Wildman–Crippen MR) is 106 cm³/mol. The first-order valence-corrected chi connectivity index (χ1v) is 9.88. The Hall–Kier alpha value is -2.63. The Balaban J connectivity index is 1.42. The van der Waals surface area contributed by atoms with Crippen LogP contribution in [0.5, 0.6) is 5.75 Å². The number of carbonyl (C=O) groups is 1. The lowest BCUT2D eigenvalue weighted by Crippen LogP contribution is -2.38. The van der Waals surface area contributed by atoms with Gasteiger partial charge in [0, 0.05) is 43.4 Å². The fourth-order valence-electron chi connectivity index (χ4n) is 4.13. The zero-order valence-corrected chi connectivity index (χ0v) is 15.9. The highest BCUT2D eigenvalue weighted by Gasteiger charge is 2.26. The van der Waals surface area contributed by atoms with Gasteiger partial charge in [0.1, 0.15) is 5.82 Å². The Bertz CT molecular complexity index is 849. The van der Waals surface area contributed by atoms with Crippen molar-refractivity contribution in [1.29, 1.82) is 0 Å². The van der Waals surface area contributed by atoms with E-state index in [-0.39, 0.29) is 17.0 Å². The van der Waals surface area contributed by atoms with E-state index in [2.05, 4.69) is 30.0 Å². The van der Waals surface area contributed by atoms with Crippen molar-refractivity contribution >= 4 is 11.7 Å². The molecule has 0 bridgehead atoms. The minimum Gasteiger partial charge on any atom is -0.505 e. The maximum absolute atomic E-state index is 13.7. The van der Waals surface area contributed by atoms with Gasteiger partial charge in [-0.25, -0.2) is 9.37 Å². The highest BCUT2D eigenvalue weighted by molar-refractivity contribution is 5.94. The molecule has 1 radical (unpaired) electrons. The molecule has 0 saturated carbocycles. The highest BCUT2D eigenvalue weighted by Crippen LogP contribution is 2.30. The number of benzene rings is 1. The van der Waals surface area contributed by atoms with Gasteiger partial charge in [-0.15, -0.1) is 0 Å². The van der Waals surface area contributed by atoms with E-state index in [1.807, 2.05) is 0 Å². The normalized spacial score (nSPS) is 17.9. The van der Waals surface area contributed by atoms with Crippen molar-refractivity contribution in [2.45, 2.75) is 31.6 Å². The quantitative estimate of drug-likeness (QED) is 0.879. The molecule has 0 atom stereocenters. The molecule has 4 rings (SSSR count). The van der Waals surface area contributed by atoms with Gasteiger partial charge in [-0.2, -0.15) is 0 Å². The number of hydrogen-bond acceptors (Lipinski definition) is 4. The van der Waals surface area contributed by atoms with Crippen molar-refractivity contribution in [1.82, 2.24) is 9.88 Å². The van der Waals surface area contributed by atoms with Crippen molar-refractivity contribution in [3.63, 3.8) is 0 Å². The number of rotatable bonds is 3. The number of nitrogens with zero attached hydrogens (tertiary/aromatic N) is 3. The maximum Gasteiger partial charge on any atom is 0.253 e. The van der Waals surface area contributed by atoms with Crippen LogP contribution in [0.2, 0.25) is 0 Å². The number of aromatic nitrogens is 1. The number of likely N-dealkylation sites (tertiary alicyclic amines) is 1. The molecule has 28 heavy (non-hydrogen) atoms. The van der Waals surface area contributed by atoms with Gasteiger partial charge >= 0.3 is 0 Å². The first-order valence-electron chi connectivity index (χ1n) is 9.88. The molecule has 0 aliphatic carbocycles. The molecule has 6 heteroatoms. The summed E-state index contributed by atoms with van der Waals surface area (Å²) in [6.45, 7) is 6.94. The molecule has 1 N–H and O–H groups in total. The summed E-state index contributed by atoms with van der Waals surface area (Å²) in [7, 11) is 0. The molecular formula is C22H25FN3O2. The number of phenolic OH excluding ortho intramolecular Hbond substituents is 1. The van der Waals surface area contributed by atoms with E-state index in [1.54, 1.807) is 4.90 Å². The van der Waals surface area contributed by atoms with Gasteiger partial charge in [-0.1, -0.05) is 6.07 Å². The molecular weight excluding hydrogens is 357 g/mol. The van der Waals surface area contributed by atoms with Gasteiger partial charge in [0.05, 0.1) is 0 Å². The molecule has 3 heterocycles. The first kappa shape index (κ1) is 18.7. The Morgan fingerprint density at radius 1 is 1.14 bits per heavy atom. The summed E-state index contributed by atoms with van der Waals surface area (Å²) in [6.07, 6.45) is 4.11. The van der Waals surface area contributed by atoms with Crippen molar-refractivity contribution in [3.05, 3.63) is 59.9 Å². The van der Waals surface area contributed by atoms with E-state index in [0.29, 0.717) is 19.0 Å². The van der Waals surface area contributed by atoms with Crippen LogP contribution in [-0.4, -0.2) is 47.1 Å². The second-order valence-corrected chi connectivity index (χ2v) is 7.65. The molecule has 2 fully saturated rings. The van der Waals surface area contributed by atoms with Crippen LogP contribution in [0, 0.1) is 12.7 Å². The highest BCUT2D eigenvalue weighted by atomic mass is 19.1. The molecule has 0 unspecified atom stereocenters. The minimum atomic E-state index is -0.811. The van der Waals surface area contributed by atoms with Crippen LogP contribution < -0.4 is 4.90 Å². The van der Waals surface area contributed by atoms with Crippen LogP contribution in [0.25, 0.3) is 0 Å². The number of halogens is 1. The Labute approximate surface area is 164 Å². The Kier molecular flexibility index (Phi) is 5.20. The molecule has 0 spiro atoms. The minimum absolute atomic E-state index is 0.126. The zero-order chi connectivity index (χ0) is 19.7. The molecule has 2 aliphatic heterocycles.